The van der Waals surface area contributed by atoms with Gasteiger partial charge < -0.3 is 5.09 Å². The summed E-state index contributed by atoms with van der Waals surface area (Å²) < 4.78 is 0. The van der Waals surface area contributed by atoms with E-state index in [4.69, 9.17) is 5.09 Å². The van der Waals surface area contributed by atoms with Crippen LogP contribution in [0.3, 0.4) is 0 Å². The molecule has 0 fully saturated rings. The SMILES string of the molecule is N#CP=P([N-]c1ccccc1)(c1ccccc1)c1ccccc1.[Li+]. The first-order valence-corrected chi connectivity index (χ1v) is 10.6. The fourth-order valence-electron chi connectivity index (χ4n) is 2.40. The van der Waals surface area contributed by atoms with E-state index in [-0.39, 0.29) is 18.9 Å². The van der Waals surface area contributed by atoms with Gasteiger partial charge in [-0.25, -0.2) is 0 Å². The fourth-order valence-corrected chi connectivity index (χ4v) is 7.30. The van der Waals surface area contributed by atoms with Gasteiger partial charge in [-0.05, 0) is 10.6 Å². The van der Waals surface area contributed by atoms with Crippen LogP contribution in [0.5, 0.6) is 0 Å². The molecule has 0 bridgehead atoms. The van der Waals surface area contributed by atoms with Crippen LogP contribution in [0.4, 0.5) is 5.69 Å². The zero-order valence-corrected chi connectivity index (χ0v) is 15.2. The summed E-state index contributed by atoms with van der Waals surface area (Å²) in [5, 5.41) is 16.9. The molecule has 24 heavy (non-hydrogen) atoms. The molecule has 3 aromatic rings. The number of hydrogen-bond donors (Lipinski definition) is 0. The predicted molar refractivity (Wildman–Crippen MR) is 101 cm³/mol. The van der Waals surface area contributed by atoms with Crippen molar-refractivity contribution in [1.29, 1.82) is 5.26 Å². The molecule has 0 spiro atoms. The third-order valence-corrected chi connectivity index (χ3v) is 9.16. The molecule has 112 valence electrons. The molecule has 0 amide bonds. The Morgan fingerprint density at radius 3 is 1.54 bits per heavy atom. The van der Waals surface area contributed by atoms with Crippen molar-refractivity contribution in [2.75, 3.05) is 0 Å². The van der Waals surface area contributed by atoms with Gasteiger partial charge in [-0.15, -0.1) is 5.69 Å². The van der Waals surface area contributed by atoms with E-state index in [2.05, 4.69) is 30.1 Å². The second kappa shape index (κ2) is 8.94. The van der Waals surface area contributed by atoms with Gasteiger partial charge in [-0.1, -0.05) is 97.7 Å². The maximum atomic E-state index is 9.51. The Labute approximate surface area is 156 Å². The van der Waals surface area contributed by atoms with Crippen LogP contribution >= 0.6 is 14.6 Å². The molecule has 3 rings (SSSR count). The van der Waals surface area contributed by atoms with Crippen molar-refractivity contribution < 1.29 is 18.9 Å². The largest absolute Gasteiger partial charge is 1.00 e. The van der Waals surface area contributed by atoms with Crippen molar-refractivity contribution in [3.8, 4) is 5.81 Å². The summed E-state index contributed by atoms with van der Waals surface area (Å²) in [4.78, 5) is 0. The summed E-state index contributed by atoms with van der Waals surface area (Å²) >= 11 is 0. The average Bonchev–Trinajstić information content (AvgIpc) is 2.64. The van der Waals surface area contributed by atoms with Crippen LogP contribution in [-0.4, -0.2) is 0 Å². The number of rotatable bonds is 4. The Bertz CT molecular complexity index is 817. The molecule has 0 unspecified atom stereocenters. The zero-order valence-electron chi connectivity index (χ0n) is 13.4. The molecular formula is C19H15LiN2P2. The van der Waals surface area contributed by atoms with E-state index in [0.717, 1.165) is 16.3 Å². The molecule has 0 aliphatic carbocycles. The first-order valence-electron chi connectivity index (χ1n) is 7.25. The van der Waals surface area contributed by atoms with Gasteiger partial charge in [-0.2, -0.15) is 5.26 Å². The van der Waals surface area contributed by atoms with Crippen molar-refractivity contribution in [1.82, 2.24) is 0 Å². The third-order valence-electron chi connectivity index (χ3n) is 3.44. The van der Waals surface area contributed by atoms with E-state index in [9.17, 15) is 5.26 Å². The molecular weight excluding hydrogens is 325 g/mol. The van der Waals surface area contributed by atoms with Crippen LogP contribution in [0.1, 0.15) is 0 Å². The Morgan fingerprint density at radius 2 is 1.12 bits per heavy atom. The Kier molecular flexibility index (Phi) is 6.94. The monoisotopic (exact) mass is 340 g/mol. The second-order valence-electron chi connectivity index (χ2n) is 4.91. The van der Waals surface area contributed by atoms with Gasteiger partial charge in [0.2, 0.25) is 0 Å². The van der Waals surface area contributed by atoms with E-state index in [1.807, 2.05) is 66.7 Å². The van der Waals surface area contributed by atoms with Gasteiger partial charge in [0.1, 0.15) is 5.81 Å². The van der Waals surface area contributed by atoms with Gasteiger partial charge in [0.15, 0.2) is 0 Å². The first kappa shape index (κ1) is 18.6. The third kappa shape index (κ3) is 4.02. The minimum atomic E-state index is -2.19. The van der Waals surface area contributed by atoms with Crippen LogP contribution in [0.25, 0.3) is 5.09 Å². The topological polar surface area (TPSA) is 37.9 Å². The van der Waals surface area contributed by atoms with Gasteiger partial charge in [0.25, 0.3) is 0 Å². The first-order chi connectivity index (χ1) is 11.3. The predicted octanol–water partition coefficient (Wildman–Crippen LogP) is 2.62. The molecule has 0 aliphatic heterocycles. The minimum Gasteiger partial charge on any atom is -0.648 e. The number of benzene rings is 3. The number of nitriles is 1. The molecule has 0 aliphatic rings. The number of hydrogen-bond acceptors (Lipinski definition) is 1. The van der Waals surface area contributed by atoms with Gasteiger partial charge in [0, 0.05) is 7.87 Å². The summed E-state index contributed by atoms with van der Waals surface area (Å²) in [6.45, 7) is -2.19. The van der Waals surface area contributed by atoms with Crippen LogP contribution in [0.2, 0.25) is 0 Å². The summed E-state index contributed by atoms with van der Waals surface area (Å²) in [6.07, 6.45) is 0. The van der Waals surface area contributed by atoms with E-state index in [1.54, 1.807) is 0 Å². The molecule has 0 N–H and O–H groups in total. The van der Waals surface area contributed by atoms with Gasteiger partial charge >= 0.3 is 18.9 Å². The van der Waals surface area contributed by atoms with Crippen LogP contribution in [0.15, 0.2) is 91.0 Å². The smallest absolute Gasteiger partial charge is 0.648 e. The van der Waals surface area contributed by atoms with E-state index >= 15 is 0 Å². The second-order valence-corrected chi connectivity index (χ2v) is 10.1. The standard InChI is InChI=1S/C19H15N2P2.Li/c20-16-22-23(18-12-6-2-7-13-18,19-14-8-3-9-15-19)21-17-10-4-1-5-11-17;/h1-15H;/q-1;+1. The van der Waals surface area contributed by atoms with Crippen molar-refractivity contribution in [2.45, 2.75) is 0 Å². The molecule has 0 radical (unpaired) electrons. The summed E-state index contributed by atoms with van der Waals surface area (Å²) in [6, 6.07) is 30.3. The summed E-state index contributed by atoms with van der Waals surface area (Å²) in [7, 11) is 0.691. The molecule has 0 saturated heterocycles. The summed E-state index contributed by atoms with van der Waals surface area (Å²) in [5.41, 5.74) is 0.913. The van der Waals surface area contributed by atoms with E-state index in [0.29, 0.717) is 7.87 Å². The van der Waals surface area contributed by atoms with Crippen molar-refractivity contribution in [3.05, 3.63) is 96.1 Å². The Morgan fingerprint density at radius 1 is 0.708 bits per heavy atom. The summed E-state index contributed by atoms with van der Waals surface area (Å²) in [5.74, 6) is 2.35. The maximum Gasteiger partial charge on any atom is 1.00 e. The average molecular weight is 340 g/mol. The molecule has 0 aromatic heterocycles. The van der Waals surface area contributed by atoms with Crippen molar-refractivity contribution in [2.24, 2.45) is 0 Å². The zero-order chi connectivity index (χ0) is 16.0. The van der Waals surface area contributed by atoms with Crippen LogP contribution in [-0.2, 0) is 0 Å². The fraction of sp³-hybridized carbons (Fsp3) is 0. The van der Waals surface area contributed by atoms with Crippen molar-refractivity contribution >= 4 is 30.9 Å². The van der Waals surface area contributed by atoms with Crippen molar-refractivity contribution in [3.63, 3.8) is 0 Å². The molecule has 0 saturated carbocycles. The molecule has 2 nitrogen and oxygen atoms in total. The molecule has 3 aromatic carbocycles. The van der Waals surface area contributed by atoms with Gasteiger partial charge in [0.05, 0.1) is 0 Å². The van der Waals surface area contributed by atoms with Gasteiger partial charge in [-0.3, -0.25) is 0 Å². The Balaban J connectivity index is 0.00000208. The Hall–Kier alpha value is -1.72. The number of nitrogens with zero attached hydrogens (tertiary/aromatic N) is 2. The van der Waals surface area contributed by atoms with Crippen LogP contribution < -0.4 is 29.5 Å². The van der Waals surface area contributed by atoms with E-state index in [1.165, 1.54) is 0 Å². The van der Waals surface area contributed by atoms with Crippen LogP contribution in [0, 0.1) is 11.1 Å². The quantitative estimate of drug-likeness (QED) is 0.531. The normalized spacial score (nSPS) is 10.5. The minimum absolute atomic E-state index is 0. The molecule has 0 heterocycles. The maximum absolute atomic E-state index is 9.51. The van der Waals surface area contributed by atoms with E-state index < -0.39 is 6.70 Å². The molecule has 0 atom stereocenters. The molecule has 5 heteroatoms.